The minimum atomic E-state index is 0.101. The molecular weight excluding hydrogens is 252 g/mol. The lowest BCUT2D eigenvalue weighted by Crippen LogP contribution is -2.31. The Morgan fingerprint density at radius 3 is 3.00 bits per heavy atom. The molecule has 0 radical (unpaired) electrons. The molecule has 0 amide bonds. The number of guanidine groups is 1. The van der Waals surface area contributed by atoms with E-state index in [1.807, 2.05) is 26.0 Å². The summed E-state index contributed by atoms with van der Waals surface area (Å²) in [5.41, 5.74) is 9.85. The molecule has 0 saturated heterocycles. The lowest BCUT2D eigenvalue weighted by molar-refractivity contribution is 0.0845. The number of nitrogens with one attached hydrogen (secondary N) is 1. The summed E-state index contributed by atoms with van der Waals surface area (Å²) in [6, 6.07) is 5.63. The molecule has 5 nitrogen and oxygen atoms in total. The van der Waals surface area contributed by atoms with Crippen LogP contribution < -0.4 is 11.2 Å². The fraction of sp³-hybridized carbons (Fsp3) is 0.333. The maximum absolute atomic E-state index is 6.04. The molecule has 98 valence electrons. The molecule has 1 aromatic carbocycles. The number of aryl methyl sites for hydroxylation is 1. The number of halogens is 1. The monoisotopic (exact) mass is 268 g/mol. The van der Waals surface area contributed by atoms with Gasteiger partial charge < -0.3 is 5.73 Å². The molecule has 0 aliphatic rings. The first kappa shape index (κ1) is 14.5. The second-order valence-corrected chi connectivity index (χ2v) is 4.06. The van der Waals surface area contributed by atoms with Gasteiger partial charge in [-0.3, -0.25) is 4.84 Å². The largest absolute Gasteiger partial charge is 0.367 e. The van der Waals surface area contributed by atoms with Crippen molar-refractivity contribution >= 4 is 23.8 Å². The van der Waals surface area contributed by atoms with Crippen molar-refractivity contribution in [2.75, 3.05) is 6.61 Å². The number of hydrogen-bond acceptors (Lipinski definition) is 3. The SMILES string of the molecule is CCCONC(N)=N/N=C/c1c(C)cccc1Cl. The van der Waals surface area contributed by atoms with Gasteiger partial charge in [0.1, 0.15) is 0 Å². The number of rotatable bonds is 5. The summed E-state index contributed by atoms with van der Waals surface area (Å²) in [5, 5.41) is 8.22. The summed E-state index contributed by atoms with van der Waals surface area (Å²) in [6.07, 6.45) is 2.45. The third-order valence-electron chi connectivity index (χ3n) is 2.11. The van der Waals surface area contributed by atoms with Crippen molar-refractivity contribution in [1.29, 1.82) is 0 Å². The zero-order chi connectivity index (χ0) is 13.4. The zero-order valence-corrected chi connectivity index (χ0v) is 11.2. The average Bonchev–Trinajstić information content (AvgIpc) is 2.33. The van der Waals surface area contributed by atoms with Gasteiger partial charge in [0, 0.05) is 10.6 Å². The minimum absolute atomic E-state index is 0.101. The number of nitrogens with two attached hydrogens (primary N) is 1. The summed E-state index contributed by atoms with van der Waals surface area (Å²) < 4.78 is 0. The van der Waals surface area contributed by atoms with E-state index in [1.54, 1.807) is 12.3 Å². The smallest absolute Gasteiger partial charge is 0.237 e. The molecule has 0 heterocycles. The third-order valence-corrected chi connectivity index (χ3v) is 2.44. The molecule has 0 fully saturated rings. The zero-order valence-electron chi connectivity index (χ0n) is 10.5. The Morgan fingerprint density at radius 1 is 1.56 bits per heavy atom. The quantitative estimate of drug-likeness (QED) is 0.372. The Balaban J connectivity index is 2.61. The van der Waals surface area contributed by atoms with E-state index < -0.39 is 0 Å². The molecule has 0 atom stereocenters. The van der Waals surface area contributed by atoms with Crippen LogP contribution >= 0.6 is 11.6 Å². The van der Waals surface area contributed by atoms with Crippen LogP contribution in [-0.4, -0.2) is 18.8 Å². The third kappa shape index (κ3) is 4.73. The van der Waals surface area contributed by atoms with Crippen LogP contribution in [0.3, 0.4) is 0 Å². The van der Waals surface area contributed by atoms with E-state index in [0.717, 1.165) is 17.5 Å². The second kappa shape index (κ2) is 7.68. The van der Waals surface area contributed by atoms with Gasteiger partial charge in [0.05, 0.1) is 12.8 Å². The molecule has 0 spiro atoms. The Morgan fingerprint density at radius 2 is 2.33 bits per heavy atom. The molecule has 0 unspecified atom stereocenters. The predicted octanol–water partition coefficient (Wildman–Crippen LogP) is 2.23. The summed E-state index contributed by atoms with van der Waals surface area (Å²) in [6.45, 7) is 4.50. The standard InChI is InChI=1S/C12H17ClN4O/c1-3-7-18-17-12(14)16-15-8-10-9(2)5-4-6-11(10)13/h4-6,8H,3,7H2,1-2H3,(H3,14,16,17)/b15-8+. The van der Waals surface area contributed by atoms with Gasteiger partial charge >= 0.3 is 0 Å². The first-order chi connectivity index (χ1) is 8.65. The summed E-state index contributed by atoms with van der Waals surface area (Å²) in [7, 11) is 0. The van der Waals surface area contributed by atoms with E-state index in [-0.39, 0.29) is 5.96 Å². The predicted molar refractivity (Wildman–Crippen MR) is 74.8 cm³/mol. The van der Waals surface area contributed by atoms with Crippen LogP contribution in [0.1, 0.15) is 24.5 Å². The minimum Gasteiger partial charge on any atom is -0.367 e. The van der Waals surface area contributed by atoms with Crippen molar-refractivity contribution in [3.05, 3.63) is 34.3 Å². The van der Waals surface area contributed by atoms with E-state index in [1.165, 1.54) is 0 Å². The van der Waals surface area contributed by atoms with Crippen LogP contribution in [0.25, 0.3) is 0 Å². The van der Waals surface area contributed by atoms with Crippen LogP contribution in [0, 0.1) is 6.92 Å². The fourth-order valence-electron chi connectivity index (χ4n) is 1.20. The van der Waals surface area contributed by atoms with Gasteiger partial charge in [-0.05, 0) is 25.0 Å². The topological polar surface area (TPSA) is 72.0 Å². The maximum Gasteiger partial charge on any atom is 0.237 e. The summed E-state index contributed by atoms with van der Waals surface area (Å²) >= 11 is 6.04. The molecule has 0 bridgehead atoms. The molecule has 1 aromatic rings. The van der Waals surface area contributed by atoms with Gasteiger partial charge in [0.25, 0.3) is 0 Å². The molecule has 6 heteroatoms. The van der Waals surface area contributed by atoms with E-state index >= 15 is 0 Å². The highest BCUT2D eigenvalue weighted by Crippen LogP contribution is 2.17. The number of hydroxylamine groups is 1. The van der Waals surface area contributed by atoms with Gasteiger partial charge in [0.2, 0.25) is 5.96 Å². The Bertz CT molecular complexity index is 425. The van der Waals surface area contributed by atoms with Crippen molar-refractivity contribution in [1.82, 2.24) is 5.48 Å². The van der Waals surface area contributed by atoms with Crippen molar-refractivity contribution in [3.8, 4) is 0 Å². The lowest BCUT2D eigenvalue weighted by Gasteiger charge is -2.03. The van der Waals surface area contributed by atoms with Crippen LogP contribution in [0.15, 0.2) is 28.4 Å². The fourth-order valence-corrected chi connectivity index (χ4v) is 1.48. The highest BCUT2D eigenvalue weighted by atomic mass is 35.5. The Hall–Kier alpha value is -1.59. The molecule has 3 N–H and O–H groups in total. The average molecular weight is 269 g/mol. The van der Waals surface area contributed by atoms with Gasteiger partial charge in [0.15, 0.2) is 0 Å². The van der Waals surface area contributed by atoms with Gasteiger partial charge in [-0.2, -0.15) is 5.10 Å². The van der Waals surface area contributed by atoms with Crippen LogP contribution in [0.2, 0.25) is 5.02 Å². The highest BCUT2D eigenvalue weighted by Gasteiger charge is 1.99. The number of benzene rings is 1. The van der Waals surface area contributed by atoms with Crippen LogP contribution in [0.4, 0.5) is 0 Å². The van der Waals surface area contributed by atoms with Crippen molar-refractivity contribution in [2.45, 2.75) is 20.3 Å². The molecule has 18 heavy (non-hydrogen) atoms. The second-order valence-electron chi connectivity index (χ2n) is 3.65. The molecular formula is C12H17ClN4O. The summed E-state index contributed by atoms with van der Waals surface area (Å²) in [4.78, 5) is 4.99. The molecule has 0 saturated carbocycles. The molecule has 0 aliphatic carbocycles. The molecule has 0 aliphatic heterocycles. The van der Waals surface area contributed by atoms with E-state index in [0.29, 0.717) is 11.6 Å². The van der Waals surface area contributed by atoms with E-state index in [4.69, 9.17) is 22.2 Å². The number of hydrogen-bond donors (Lipinski definition) is 2. The first-order valence-electron chi connectivity index (χ1n) is 5.64. The van der Waals surface area contributed by atoms with Gasteiger partial charge in [-0.25, -0.2) is 5.48 Å². The van der Waals surface area contributed by atoms with Crippen LogP contribution in [0.5, 0.6) is 0 Å². The van der Waals surface area contributed by atoms with Crippen molar-refractivity contribution < 1.29 is 4.84 Å². The maximum atomic E-state index is 6.04. The van der Waals surface area contributed by atoms with Gasteiger partial charge in [-0.1, -0.05) is 30.7 Å². The Labute approximate surface area is 112 Å². The van der Waals surface area contributed by atoms with E-state index in [2.05, 4.69) is 15.7 Å². The summed E-state index contributed by atoms with van der Waals surface area (Å²) in [5.74, 6) is 0.101. The highest BCUT2D eigenvalue weighted by molar-refractivity contribution is 6.33. The first-order valence-corrected chi connectivity index (χ1v) is 6.02. The van der Waals surface area contributed by atoms with Crippen LogP contribution in [-0.2, 0) is 4.84 Å². The van der Waals surface area contributed by atoms with Crippen molar-refractivity contribution in [2.24, 2.45) is 15.9 Å². The lowest BCUT2D eigenvalue weighted by atomic mass is 10.1. The van der Waals surface area contributed by atoms with Crippen molar-refractivity contribution in [3.63, 3.8) is 0 Å². The van der Waals surface area contributed by atoms with Gasteiger partial charge in [-0.15, -0.1) is 5.10 Å². The molecule has 1 rings (SSSR count). The number of nitrogens with zero attached hydrogens (tertiary/aromatic N) is 2. The van der Waals surface area contributed by atoms with E-state index in [9.17, 15) is 0 Å². The normalized spacial score (nSPS) is 12.1. The Kier molecular flexibility index (Phi) is 6.18. The molecule has 0 aromatic heterocycles.